The Bertz CT molecular complexity index is 1240. The zero-order valence-electron chi connectivity index (χ0n) is 22.4. The van der Waals surface area contributed by atoms with Gasteiger partial charge < -0.3 is 24.8 Å². The van der Waals surface area contributed by atoms with Gasteiger partial charge in [-0.05, 0) is 66.9 Å². The number of ether oxygens (including phenoxy) is 2. The maximum atomic E-state index is 13.9. The lowest BCUT2D eigenvalue weighted by molar-refractivity contribution is -0.149. The molecule has 2 heterocycles. The molecule has 1 saturated carbocycles. The fraction of sp³-hybridized carbons (Fsp3) is 0.516. The average molecular weight is 535 g/mol. The zero-order valence-corrected chi connectivity index (χ0v) is 22.4. The monoisotopic (exact) mass is 534 g/mol. The number of hydrogen-bond donors (Lipinski definition) is 2. The van der Waals surface area contributed by atoms with E-state index < -0.39 is 30.3 Å². The molecule has 3 atom stereocenters. The van der Waals surface area contributed by atoms with Crippen molar-refractivity contribution in [2.24, 2.45) is 5.92 Å². The van der Waals surface area contributed by atoms with E-state index in [9.17, 15) is 19.5 Å². The summed E-state index contributed by atoms with van der Waals surface area (Å²) in [5.74, 6) is -0.834. The van der Waals surface area contributed by atoms with Gasteiger partial charge in [-0.1, -0.05) is 56.2 Å². The molecule has 0 radical (unpaired) electrons. The second-order valence-corrected chi connectivity index (χ2v) is 11.1. The molecule has 0 unspecified atom stereocenters. The lowest BCUT2D eigenvalue weighted by Crippen LogP contribution is -2.55. The van der Waals surface area contributed by atoms with Crippen molar-refractivity contribution < 1.29 is 29.0 Å². The first-order valence-corrected chi connectivity index (χ1v) is 14.3. The Kier molecular flexibility index (Phi) is 8.38. The van der Waals surface area contributed by atoms with Crippen LogP contribution in [0.1, 0.15) is 69.8 Å². The van der Waals surface area contributed by atoms with Crippen molar-refractivity contribution in [3.8, 4) is 5.75 Å². The molecule has 1 aliphatic carbocycles. The van der Waals surface area contributed by atoms with Crippen LogP contribution in [0.5, 0.6) is 5.75 Å². The highest BCUT2D eigenvalue weighted by molar-refractivity contribution is 5.96. The van der Waals surface area contributed by atoms with Gasteiger partial charge in [0.15, 0.2) is 0 Å². The minimum atomic E-state index is -1.07. The fourth-order valence-corrected chi connectivity index (χ4v) is 6.36. The van der Waals surface area contributed by atoms with Crippen LogP contribution < -0.4 is 10.1 Å². The Morgan fingerprint density at radius 1 is 1.00 bits per heavy atom. The van der Waals surface area contributed by atoms with Gasteiger partial charge in [0.1, 0.15) is 23.9 Å². The molecule has 2 fully saturated rings. The predicted molar refractivity (Wildman–Crippen MR) is 148 cm³/mol. The molecule has 2 aromatic rings. The van der Waals surface area contributed by atoms with Crippen molar-refractivity contribution in [2.45, 2.75) is 82.4 Å². The lowest BCUT2D eigenvalue weighted by atomic mass is 9.83. The normalized spacial score (nSPS) is 25.8. The average Bonchev–Trinajstić information content (AvgIpc) is 3.37. The molecule has 2 aromatic carbocycles. The number of carbonyl (C=O) groups excluding carboxylic acids is 2. The van der Waals surface area contributed by atoms with Crippen molar-refractivity contribution >= 4 is 34.3 Å². The molecular formula is C31H38N2O6. The van der Waals surface area contributed by atoms with E-state index in [0.717, 1.165) is 73.3 Å². The summed E-state index contributed by atoms with van der Waals surface area (Å²) in [5.41, 5.74) is 1.88. The van der Waals surface area contributed by atoms with Crippen LogP contribution in [0.2, 0.25) is 0 Å². The molecule has 2 amide bonds. The summed E-state index contributed by atoms with van der Waals surface area (Å²) < 4.78 is 11.9. The first-order valence-electron chi connectivity index (χ1n) is 14.3. The summed E-state index contributed by atoms with van der Waals surface area (Å²) in [6.45, 7) is 4.77. The zero-order chi connectivity index (χ0) is 27.4. The molecule has 3 aliphatic rings. The highest BCUT2D eigenvalue weighted by Gasteiger charge is 2.45. The van der Waals surface area contributed by atoms with Gasteiger partial charge in [0.2, 0.25) is 5.91 Å². The van der Waals surface area contributed by atoms with E-state index in [4.69, 9.17) is 9.47 Å². The topological polar surface area (TPSA) is 105 Å². The molecule has 8 heteroatoms. The first kappa shape index (κ1) is 27.0. The molecule has 5 rings (SSSR count). The maximum absolute atomic E-state index is 13.9. The molecule has 8 nitrogen and oxygen atoms in total. The number of carbonyl (C=O) groups is 3. The molecule has 1 saturated heterocycles. The summed E-state index contributed by atoms with van der Waals surface area (Å²) in [6.07, 6.45) is 6.94. The van der Waals surface area contributed by atoms with Gasteiger partial charge in [-0.25, -0.2) is 9.59 Å². The van der Waals surface area contributed by atoms with Crippen LogP contribution in [0.4, 0.5) is 4.79 Å². The molecule has 0 aromatic heterocycles. The number of aliphatic carboxylic acids is 1. The van der Waals surface area contributed by atoms with Crippen LogP contribution >= 0.6 is 0 Å². The van der Waals surface area contributed by atoms with Crippen molar-refractivity contribution in [2.75, 3.05) is 13.2 Å². The third-order valence-corrected chi connectivity index (χ3v) is 8.39. The van der Waals surface area contributed by atoms with Crippen LogP contribution in [0.3, 0.4) is 0 Å². The quantitative estimate of drug-likeness (QED) is 0.525. The van der Waals surface area contributed by atoms with Crippen LogP contribution in [0.15, 0.2) is 43.0 Å². The Balaban J connectivity index is 1.49. The lowest BCUT2D eigenvalue weighted by Gasteiger charge is -2.33. The van der Waals surface area contributed by atoms with Crippen LogP contribution in [0.25, 0.3) is 16.3 Å². The number of benzene rings is 2. The standard InChI is InChI=1S/C31H38N2O6/c1-20-10-4-3-9-17-38-31(37)32-28(22-12-5-2-6-13-22)29(34)33-19-23(18-25(33)30(35)36)39-26-16-15-21-11-7-8-14-24(21)27(20)26/h7-8,11,14-16,22-23,25,28H,1-6,9-10,12-13,17-19H2,(H,32,37)(H,35,36)/t23-,25+,28+/m1/s1. The Morgan fingerprint density at radius 3 is 2.56 bits per heavy atom. The third kappa shape index (κ3) is 6.05. The smallest absolute Gasteiger partial charge is 0.407 e. The van der Waals surface area contributed by atoms with Gasteiger partial charge >= 0.3 is 12.1 Å². The fourth-order valence-electron chi connectivity index (χ4n) is 6.36. The van der Waals surface area contributed by atoms with Crippen molar-refractivity contribution in [3.05, 3.63) is 48.5 Å². The van der Waals surface area contributed by atoms with Gasteiger partial charge in [0.05, 0.1) is 13.2 Å². The molecular weight excluding hydrogens is 496 g/mol. The number of carboxylic acid groups (broad SMARTS) is 1. The number of hydrogen-bond acceptors (Lipinski definition) is 5. The Hall–Kier alpha value is -3.55. The molecule has 2 N–H and O–H groups in total. The highest BCUT2D eigenvalue weighted by atomic mass is 16.5. The summed E-state index contributed by atoms with van der Waals surface area (Å²) >= 11 is 0. The van der Waals surface area contributed by atoms with E-state index in [1.54, 1.807) is 0 Å². The number of cyclic esters (lactones) is 1. The second kappa shape index (κ2) is 12.1. The van der Waals surface area contributed by atoms with Gasteiger partial charge in [-0.3, -0.25) is 4.79 Å². The number of nitrogens with one attached hydrogen (secondary N) is 1. The van der Waals surface area contributed by atoms with E-state index in [1.807, 2.05) is 24.3 Å². The largest absolute Gasteiger partial charge is 0.488 e. The Labute approximate surface area is 229 Å². The van der Waals surface area contributed by atoms with Crippen LogP contribution in [-0.4, -0.2) is 59.3 Å². The summed E-state index contributed by atoms with van der Waals surface area (Å²) in [5, 5.41) is 15.0. The Morgan fingerprint density at radius 2 is 1.77 bits per heavy atom. The number of nitrogens with zero attached hydrogens (tertiary/aromatic N) is 1. The molecule has 208 valence electrons. The van der Waals surface area contributed by atoms with Crippen LogP contribution in [0, 0.1) is 5.92 Å². The van der Waals surface area contributed by atoms with Gasteiger partial charge in [-0.15, -0.1) is 0 Å². The van der Waals surface area contributed by atoms with E-state index in [2.05, 4.69) is 24.0 Å². The van der Waals surface area contributed by atoms with E-state index >= 15 is 0 Å². The molecule has 39 heavy (non-hydrogen) atoms. The predicted octanol–water partition coefficient (Wildman–Crippen LogP) is 5.54. The molecule has 2 aliphatic heterocycles. The number of rotatable bonds is 2. The first-order chi connectivity index (χ1) is 18.9. The summed E-state index contributed by atoms with van der Waals surface area (Å²) in [6, 6.07) is 10.2. The highest BCUT2D eigenvalue weighted by Crippen LogP contribution is 2.38. The van der Waals surface area contributed by atoms with Crippen molar-refractivity contribution in [1.29, 1.82) is 0 Å². The van der Waals surface area contributed by atoms with E-state index in [0.29, 0.717) is 12.2 Å². The summed E-state index contributed by atoms with van der Waals surface area (Å²) in [4.78, 5) is 40.3. The van der Waals surface area contributed by atoms with Gasteiger partial charge in [0, 0.05) is 12.0 Å². The van der Waals surface area contributed by atoms with Crippen molar-refractivity contribution in [3.63, 3.8) is 0 Å². The van der Waals surface area contributed by atoms with E-state index in [-0.39, 0.29) is 31.4 Å². The summed E-state index contributed by atoms with van der Waals surface area (Å²) in [7, 11) is 0. The number of allylic oxidation sites excluding steroid dienone is 1. The third-order valence-electron chi connectivity index (χ3n) is 8.39. The van der Waals surface area contributed by atoms with Crippen molar-refractivity contribution in [1.82, 2.24) is 10.2 Å². The number of amides is 2. The maximum Gasteiger partial charge on any atom is 0.407 e. The minimum Gasteiger partial charge on any atom is -0.488 e. The van der Waals surface area contributed by atoms with Gasteiger partial charge in [-0.2, -0.15) is 0 Å². The SMILES string of the molecule is C=C1CCCCCOC(=O)N[C@@H](C2CCCCC2)C(=O)N2C[C@@H](C[C@H]2C(=O)O)Oc2ccc3ccccc3c21. The van der Waals surface area contributed by atoms with Crippen LogP contribution in [-0.2, 0) is 14.3 Å². The second-order valence-electron chi connectivity index (χ2n) is 11.1. The number of fused-ring (bicyclic) bond motifs is 5. The number of carboxylic acids is 1. The van der Waals surface area contributed by atoms with Gasteiger partial charge in [0.25, 0.3) is 0 Å². The molecule has 2 bridgehead atoms. The number of alkyl carbamates (subject to hydrolysis) is 1. The molecule has 0 spiro atoms. The van der Waals surface area contributed by atoms with E-state index in [1.165, 1.54) is 4.90 Å². The minimum absolute atomic E-state index is 0.0503.